The fraction of sp³-hybridized carbons (Fsp3) is 0.143. The molecule has 0 saturated heterocycles. The van der Waals surface area contributed by atoms with E-state index in [1.165, 1.54) is 11.6 Å². The van der Waals surface area contributed by atoms with Crippen molar-refractivity contribution >= 4 is 5.69 Å². The molecule has 0 radical (unpaired) electrons. The highest BCUT2D eigenvalue weighted by molar-refractivity contribution is 5.71. The smallest absolute Gasteiger partial charge is 0.166 e. The average molecular weight is 231 g/mol. The van der Waals surface area contributed by atoms with E-state index in [1.54, 1.807) is 6.07 Å². The Morgan fingerprint density at radius 1 is 1.06 bits per heavy atom. The van der Waals surface area contributed by atoms with Gasteiger partial charge in [0.2, 0.25) is 0 Å². The Morgan fingerprint density at radius 2 is 1.94 bits per heavy atom. The third-order valence-corrected chi connectivity index (χ3v) is 3.08. The molecule has 1 nitrogen and oxygen atoms in total. The van der Waals surface area contributed by atoms with Crippen molar-refractivity contribution in [1.82, 2.24) is 0 Å². The summed E-state index contributed by atoms with van der Waals surface area (Å²) in [5.74, 6) is -1.60. The van der Waals surface area contributed by atoms with E-state index in [9.17, 15) is 8.78 Å². The zero-order chi connectivity index (χ0) is 11.8. The third kappa shape index (κ3) is 1.68. The number of rotatable bonds is 1. The molecular formula is C14H11F2N. The molecule has 2 aromatic rings. The summed E-state index contributed by atoms with van der Waals surface area (Å²) >= 11 is 0. The molecule has 0 unspecified atom stereocenters. The molecule has 3 rings (SSSR count). The van der Waals surface area contributed by atoms with Crippen LogP contribution in [-0.4, -0.2) is 6.54 Å². The second-order valence-corrected chi connectivity index (χ2v) is 4.15. The van der Waals surface area contributed by atoms with E-state index in [4.69, 9.17) is 0 Å². The van der Waals surface area contributed by atoms with Crippen LogP contribution in [0.1, 0.15) is 5.56 Å². The van der Waals surface area contributed by atoms with E-state index in [2.05, 4.69) is 5.32 Å². The first-order valence-corrected chi connectivity index (χ1v) is 5.57. The van der Waals surface area contributed by atoms with Gasteiger partial charge in [-0.2, -0.15) is 0 Å². The van der Waals surface area contributed by atoms with Crippen LogP contribution in [0.5, 0.6) is 0 Å². The van der Waals surface area contributed by atoms with E-state index in [1.807, 2.05) is 18.2 Å². The van der Waals surface area contributed by atoms with E-state index in [0.29, 0.717) is 11.1 Å². The first-order chi connectivity index (χ1) is 8.25. The van der Waals surface area contributed by atoms with Gasteiger partial charge >= 0.3 is 0 Å². The average Bonchev–Trinajstić information content (AvgIpc) is 2.79. The molecular weight excluding hydrogens is 220 g/mol. The van der Waals surface area contributed by atoms with Crippen molar-refractivity contribution in [1.29, 1.82) is 0 Å². The Hall–Kier alpha value is -1.90. The van der Waals surface area contributed by atoms with Gasteiger partial charge in [-0.25, -0.2) is 8.78 Å². The predicted octanol–water partition coefficient (Wildman–Crippen LogP) is 3.60. The van der Waals surface area contributed by atoms with Gasteiger partial charge in [-0.3, -0.25) is 0 Å². The van der Waals surface area contributed by atoms with Crippen molar-refractivity contribution in [3.63, 3.8) is 0 Å². The van der Waals surface area contributed by atoms with Gasteiger partial charge in [0.15, 0.2) is 11.6 Å². The second kappa shape index (κ2) is 3.84. The monoisotopic (exact) mass is 231 g/mol. The zero-order valence-corrected chi connectivity index (χ0v) is 9.13. The maximum absolute atomic E-state index is 13.6. The molecule has 1 N–H and O–H groups in total. The van der Waals surface area contributed by atoms with Crippen LogP contribution in [0, 0.1) is 11.6 Å². The van der Waals surface area contributed by atoms with Gasteiger partial charge in [0.05, 0.1) is 0 Å². The van der Waals surface area contributed by atoms with Crippen molar-refractivity contribution in [3.05, 3.63) is 53.6 Å². The summed E-state index contributed by atoms with van der Waals surface area (Å²) in [5.41, 5.74) is 3.26. The lowest BCUT2D eigenvalue weighted by molar-refractivity contribution is 0.511. The Morgan fingerprint density at radius 3 is 2.82 bits per heavy atom. The van der Waals surface area contributed by atoms with Crippen LogP contribution in [-0.2, 0) is 6.42 Å². The highest BCUT2D eigenvalue weighted by atomic mass is 19.2. The lowest BCUT2D eigenvalue weighted by Gasteiger charge is -2.07. The molecule has 1 aliphatic rings. The van der Waals surface area contributed by atoms with Crippen LogP contribution in [0.2, 0.25) is 0 Å². The van der Waals surface area contributed by atoms with Crippen LogP contribution in [0.4, 0.5) is 14.5 Å². The molecule has 0 bridgehead atoms. The third-order valence-electron chi connectivity index (χ3n) is 3.08. The molecule has 0 saturated carbocycles. The highest BCUT2D eigenvalue weighted by Crippen LogP contribution is 2.30. The lowest BCUT2D eigenvalue weighted by atomic mass is 10.0. The van der Waals surface area contributed by atoms with Gasteiger partial charge in [0.1, 0.15) is 0 Å². The molecule has 1 aliphatic heterocycles. The molecule has 2 aromatic carbocycles. The van der Waals surface area contributed by atoms with Gasteiger partial charge in [-0.05, 0) is 29.7 Å². The quantitative estimate of drug-likeness (QED) is 0.790. The summed E-state index contributed by atoms with van der Waals surface area (Å²) in [4.78, 5) is 0. The molecule has 0 amide bonds. The van der Waals surface area contributed by atoms with Gasteiger partial charge in [0.25, 0.3) is 0 Å². The zero-order valence-electron chi connectivity index (χ0n) is 9.13. The fourth-order valence-corrected chi connectivity index (χ4v) is 2.19. The summed E-state index contributed by atoms with van der Waals surface area (Å²) in [6.07, 6.45) is 0.987. The van der Waals surface area contributed by atoms with Crippen molar-refractivity contribution in [3.8, 4) is 11.1 Å². The van der Waals surface area contributed by atoms with E-state index >= 15 is 0 Å². The molecule has 0 aromatic heterocycles. The minimum absolute atomic E-state index is 0.307. The molecule has 0 spiro atoms. The van der Waals surface area contributed by atoms with E-state index in [0.717, 1.165) is 24.7 Å². The van der Waals surface area contributed by atoms with Gasteiger partial charge in [-0.15, -0.1) is 0 Å². The molecule has 0 aliphatic carbocycles. The predicted molar refractivity (Wildman–Crippen MR) is 64.0 cm³/mol. The van der Waals surface area contributed by atoms with Crippen LogP contribution < -0.4 is 5.32 Å². The highest BCUT2D eigenvalue weighted by Gasteiger charge is 2.14. The van der Waals surface area contributed by atoms with Crippen molar-refractivity contribution in [2.45, 2.75) is 6.42 Å². The molecule has 3 heteroatoms. The number of fused-ring (bicyclic) bond motifs is 1. The summed E-state index contributed by atoms with van der Waals surface area (Å²) in [7, 11) is 0. The van der Waals surface area contributed by atoms with Crippen molar-refractivity contribution in [2.24, 2.45) is 0 Å². The maximum atomic E-state index is 13.6. The first kappa shape index (κ1) is 10.3. The van der Waals surface area contributed by atoms with E-state index in [-0.39, 0.29) is 0 Å². The summed E-state index contributed by atoms with van der Waals surface area (Å²) in [5, 5.41) is 3.23. The summed E-state index contributed by atoms with van der Waals surface area (Å²) < 4.78 is 26.8. The fourth-order valence-electron chi connectivity index (χ4n) is 2.19. The SMILES string of the molecule is Fc1cccc(-c2ccc3c(c2)NCC3)c1F. The minimum atomic E-state index is -0.809. The molecule has 0 atom stereocenters. The van der Waals surface area contributed by atoms with Gasteiger partial charge in [0, 0.05) is 17.8 Å². The largest absolute Gasteiger partial charge is 0.384 e. The number of hydrogen-bond donors (Lipinski definition) is 1. The standard InChI is InChI=1S/C14H11F2N/c15-12-3-1-2-11(14(12)16)10-5-4-9-6-7-17-13(9)8-10/h1-5,8,17H,6-7H2. The van der Waals surface area contributed by atoms with Crippen molar-refractivity contribution < 1.29 is 8.78 Å². The van der Waals surface area contributed by atoms with Crippen LogP contribution in [0.15, 0.2) is 36.4 Å². The molecule has 0 fully saturated rings. The number of benzene rings is 2. The number of nitrogens with one attached hydrogen (secondary N) is 1. The Labute approximate surface area is 98.1 Å². The summed E-state index contributed by atoms with van der Waals surface area (Å²) in [6, 6.07) is 9.92. The van der Waals surface area contributed by atoms with Crippen molar-refractivity contribution in [2.75, 3.05) is 11.9 Å². The molecule has 1 heterocycles. The lowest BCUT2D eigenvalue weighted by Crippen LogP contribution is -1.92. The van der Waals surface area contributed by atoms with Crippen LogP contribution >= 0.6 is 0 Å². The molecule has 86 valence electrons. The first-order valence-electron chi connectivity index (χ1n) is 5.57. The Bertz CT molecular complexity index is 578. The number of hydrogen-bond acceptors (Lipinski definition) is 1. The van der Waals surface area contributed by atoms with Crippen LogP contribution in [0.25, 0.3) is 11.1 Å². The summed E-state index contributed by atoms with van der Waals surface area (Å²) in [6.45, 7) is 0.907. The number of anilines is 1. The second-order valence-electron chi connectivity index (χ2n) is 4.15. The normalized spacial score (nSPS) is 13.3. The van der Waals surface area contributed by atoms with Crippen LogP contribution in [0.3, 0.4) is 0 Å². The van der Waals surface area contributed by atoms with Gasteiger partial charge < -0.3 is 5.32 Å². The topological polar surface area (TPSA) is 12.0 Å². The van der Waals surface area contributed by atoms with Gasteiger partial charge in [-0.1, -0.05) is 24.3 Å². The maximum Gasteiger partial charge on any atom is 0.166 e. The Balaban J connectivity index is 2.13. The Kier molecular flexibility index (Phi) is 2.32. The minimum Gasteiger partial charge on any atom is -0.384 e. The number of halogens is 2. The molecule has 17 heavy (non-hydrogen) atoms. The van der Waals surface area contributed by atoms with E-state index < -0.39 is 11.6 Å².